The fourth-order valence-electron chi connectivity index (χ4n) is 2.18. The summed E-state index contributed by atoms with van der Waals surface area (Å²) in [5.74, 6) is 1.12. The van der Waals surface area contributed by atoms with Crippen molar-refractivity contribution in [1.82, 2.24) is 25.5 Å². The number of nitrogens with zero attached hydrogens (tertiary/aromatic N) is 4. The molecule has 0 saturated carbocycles. The molecule has 1 heterocycles. The second-order valence-electron chi connectivity index (χ2n) is 4.82. The van der Waals surface area contributed by atoms with Crippen LogP contribution in [0.1, 0.15) is 30.7 Å². The van der Waals surface area contributed by atoms with Gasteiger partial charge in [-0.1, -0.05) is 41.1 Å². The van der Waals surface area contributed by atoms with Gasteiger partial charge in [-0.3, -0.25) is 0 Å². The summed E-state index contributed by atoms with van der Waals surface area (Å²) >= 11 is 3.64. The third-order valence-corrected chi connectivity index (χ3v) is 3.86. The highest BCUT2D eigenvalue weighted by molar-refractivity contribution is 9.10. The minimum atomic E-state index is 0.335. The van der Waals surface area contributed by atoms with Crippen LogP contribution >= 0.6 is 15.9 Å². The van der Waals surface area contributed by atoms with E-state index in [0.29, 0.717) is 5.92 Å². The molecule has 1 N–H and O–H groups in total. The number of aromatic nitrogens is 4. The lowest BCUT2D eigenvalue weighted by atomic mass is 9.95. The van der Waals surface area contributed by atoms with Gasteiger partial charge in [0.15, 0.2) is 5.82 Å². The summed E-state index contributed by atoms with van der Waals surface area (Å²) in [6.07, 6.45) is 1.92. The Morgan fingerprint density at radius 3 is 2.80 bits per heavy atom. The molecule has 0 radical (unpaired) electrons. The van der Waals surface area contributed by atoms with Crippen LogP contribution in [-0.4, -0.2) is 33.3 Å². The van der Waals surface area contributed by atoms with Crippen molar-refractivity contribution < 1.29 is 0 Å². The second kappa shape index (κ2) is 7.50. The summed E-state index contributed by atoms with van der Waals surface area (Å²) in [5.41, 5.74) is 1.28. The van der Waals surface area contributed by atoms with E-state index in [9.17, 15) is 0 Å². The fourth-order valence-corrected chi connectivity index (χ4v) is 2.79. The predicted octanol–water partition coefficient (Wildman–Crippen LogP) is 2.30. The lowest BCUT2D eigenvalue weighted by Crippen LogP contribution is -2.24. The predicted molar refractivity (Wildman–Crippen MR) is 82.5 cm³/mol. The van der Waals surface area contributed by atoms with E-state index in [1.165, 1.54) is 10.4 Å². The summed E-state index contributed by atoms with van der Waals surface area (Å²) in [6.45, 7) is 4.11. The Labute approximate surface area is 127 Å². The van der Waals surface area contributed by atoms with E-state index in [2.05, 4.69) is 61.8 Å². The fraction of sp³-hybridized carbons (Fsp3) is 0.500. The van der Waals surface area contributed by atoms with Crippen molar-refractivity contribution >= 4 is 15.9 Å². The Morgan fingerprint density at radius 2 is 2.15 bits per heavy atom. The average molecular weight is 338 g/mol. The van der Waals surface area contributed by atoms with Gasteiger partial charge in [0, 0.05) is 23.4 Å². The zero-order valence-electron chi connectivity index (χ0n) is 11.9. The van der Waals surface area contributed by atoms with Crippen LogP contribution in [0.4, 0.5) is 0 Å². The van der Waals surface area contributed by atoms with Crippen LogP contribution < -0.4 is 5.32 Å². The molecule has 0 amide bonds. The molecule has 0 saturated heterocycles. The van der Waals surface area contributed by atoms with Gasteiger partial charge in [0.1, 0.15) is 0 Å². The van der Waals surface area contributed by atoms with E-state index in [-0.39, 0.29) is 0 Å². The quantitative estimate of drug-likeness (QED) is 0.787. The normalized spacial score (nSPS) is 12.6. The van der Waals surface area contributed by atoms with Crippen molar-refractivity contribution in [1.29, 1.82) is 0 Å². The molecule has 0 aliphatic rings. The third kappa shape index (κ3) is 4.11. The topological polar surface area (TPSA) is 55.6 Å². The Hall–Kier alpha value is -1.27. The number of hydrogen-bond acceptors (Lipinski definition) is 4. The van der Waals surface area contributed by atoms with E-state index in [1.807, 2.05) is 6.07 Å². The SMILES string of the molecule is CCCNCC(Cc1nnn(C)n1)c1ccccc1Br. The number of tetrazole rings is 1. The van der Waals surface area contributed by atoms with E-state index >= 15 is 0 Å². The third-order valence-electron chi connectivity index (χ3n) is 3.14. The smallest absolute Gasteiger partial charge is 0.175 e. The summed E-state index contributed by atoms with van der Waals surface area (Å²) in [5, 5.41) is 15.8. The highest BCUT2D eigenvalue weighted by Crippen LogP contribution is 2.26. The van der Waals surface area contributed by atoms with Crippen molar-refractivity contribution in [2.45, 2.75) is 25.7 Å². The van der Waals surface area contributed by atoms with E-state index in [1.54, 1.807) is 7.05 Å². The van der Waals surface area contributed by atoms with E-state index in [4.69, 9.17) is 0 Å². The number of hydrogen-bond donors (Lipinski definition) is 1. The first-order valence-corrected chi connectivity index (χ1v) is 7.68. The summed E-state index contributed by atoms with van der Waals surface area (Å²) in [6, 6.07) is 8.33. The molecule has 0 spiro atoms. The van der Waals surface area contributed by atoms with Gasteiger partial charge in [-0.15, -0.1) is 10.2 Å². The molecule has 5 nitrogen and oxygen atoms in total. The Kier molecular flexibility index (Phi) is 5.67. The van der Waals surface area contributed by atoms with Crippen molar-refractivity contribution in [3.63, 3.8) is 0 Å². The van der Waals surface area contributed by atoms with E-state index in [0.717, 1.165) is 36.2 Å². The average Bonchev–Trinajstić information content (AvgIpc) is 2.84. The van der Waals surface area contributed by atoms with Crippen LogP contribution in [0.25, 0.3) is 0 Å². The zero-order valence-corrected chi connectivity index (χ0v) is 13.5. The minimum Gasteiger partial charge on any atom is -0.316 e. The van der Waals surface area contributed by atoms with Crippen LogP contribution in [0, 0.1) is 0 Å². The van der Waals surface area contributed by atoms with Gasteiger partial charge in [0.25, 0.3) is 0 Å². The Bertz CT molecular complexity index is 540. The van der Waals surface area contributed by atoms with Gasteiger partial charge in [-0.05, 0) is 29.8 Å². The maximum atomic E-state index is 4.29. The van der Waals surface area contributed by atoms with Crippen LogP contribution in [0.5, 0.6) is 0 Å². The zero-order chi connectivity index (χ0) is 14.4. The molecule has 0 bridgehead atoms. The number of benzene rings is 1. The molecule has 2 rings (SSSR count). The maximum Gasteiger partial charge on any atom is 0.175 e. The standard InChI is InChI=1S/C14H20BrN5/c1-3-8-16-10-11(9-14-17-19-20(2)18-14)12-6-4-5-7-13(12)15/h4-7,11,16H,3,8-10H2,1-2H3. The van der Waals surface area contributed by atoms with E-state index < -0.39 is 0 Å². The number of aryl methyl sites for hydroxylation is 1. The summed E-state index contributed by atoms with van der Waals surface area (Å²) in [7, 11) is 1.79. The monoisotopic (exact) mass is 337 g/mol. The molecule has 0 fully saturated rings. The van der Waals surface area contributed by atoms with Gasteiger partial charge < -0.3 is 5.32 Å². The summed E-state index contributed by atoms with van der Waals surface area (Å²) < 4.78 is 1.13. The molecular weight excluding hydrogens is 318 g/mol. The van der Waals surface area contributed by atoms with Crippen LogP contribution in [0.2, 0.25) is 0 Å². The van der Waals surface area contributed by atoms with Crippen LogP contribution in [-0.2, 0) is 13.5 Å². The molecule has 1 unspecified atom stereocenters. The lowest BCUT2D eigenvalue weighted by Gasteiger charge is -2.18. The maximum absolute atomic E-state index is 4.29. The van der Waals surface area contributed by atoms with Gasteiger partial charge >= 0.3 is 0 Å². The largest absolute Gasteiger partial charge is 0.316 e. The lowest BCUT2D eigenvalue weighted by molar-refractivity contribution is 0.562. The van der Waals surface area contributed by atoms with Gasteiger partial charge in [0.2, 0.25) is 0 Å². The van der Waals surface area contributed by atoms with Gasteiger partial charge in [-0.2, -0.15) is 4.80 Å². The highest BCUT2D eigenvalue weighted by Gasteiger charge is 2.17. The molecule has 2 aromatic rings. The molecule has 6 heteroatoms. The second-order valence-corrected chi connectivity index (χ2v) is 5.68. The van der Waals surface area contributed by atoms with Crippen molar-refractivity contribution in [3.8, 4) is 0 Å². The number of halogens is 1. The Morgan fingerprint density at radius 1 is 1.35 bits per heavy atom. The molecule has 108 valence electrons. The first kappa shape index (κ1) is 15.1. The minimum absolute atomic E-state index is 0.335. The first-order valence-electron chi connectivity index (χ1n) is 6.88. The van der Waals surface area contributed by atoms with Crippen molar-refractivity contribution in [3.05, 3.63) is 40.1 Å². The molecule has 1 atom stereocenters. The van der Waals surface area contributed by atoms with Gasteiger partial charge in [-0.25, -0.2) is 0 Å². The number of rotatable bonds is 7. The van der Waals surface area contributed by atoms with Crippen molar-refractivity contribution in [2.75, 3.05) is 13.1 Å². The number of nitrogens with one attached hydrogen (secondary N) is 1. The van der Waals surface area contributed by atoms with Crippen LogP contribution in [0.15, 0.2) is 28.7 Å². The van der Waals surface area contributed by atoms with Gasteiger partial charge in [0.05, 0.1) is 7.05 Å². The molecule has 0 aliphatic carbocycles. The van der Waals surface area contributed by atoms with Crippen LogP contribution in [0.3, 0.4) is 0 Å². The molecule has 20 heavy (non-hydrogen) atoms. The molecule has 1 aromatic carbocycles. The highest BCUT2D eigenvalue weighted by atomic mass is 79.9. The Balaban J connectivity index is 2.13. The molecule has 0 aliphatic heterocycles. The van der Waals surface area contributed by atoms with Crippen molar-refractivity contribution in [2.24, 2.45) is 7.05 Å². The summed E-state index contributed by atoms with van der Waals surface area (Å²) in [4.78, 5) is 1.51. The molecular formula is C14H20BrN5. The molecule has 1 aromatic heterocycles. The first-order chi connectivity index (χ1) is 9.70.